The fourth-order valence-electron chi connectivity index (χ4n) is 2.22. The van der Waals surface area contributed by atoms with E-state index in [0.717, 1.165) is 23.6 Å². The van der Waals surface area contributed by atoms with E-state index in [-0.39, 0.29) is 5.75 Å². The molecule has 2 N–H and O–H groups in total. The number of benzene rings is 2. The van der Waals surface area contributed by atoms with Gasteiger partial charge in [-0.3, -0.25) is 4.72 Å². The van der Waals surface area contributed by atoms with Crippen LogP contribution in [-0.2, 0) is 10.0 Å². The molecule has 0 amide bonds. The molecule has 0 unspecified atom stereocenters. The molecule has 1 fully saturated rings. The Hall–Kier alpha value is -1.59. The van der Waals surface area contributed by atoms with E-state index in [1.54, 1.807) is 6.07 Å². The van der Waals surface area contributed by atoms with E-state index in [4.69, 9.17) is 0 Å². The van der Waals surface area contributed by atoms with Gasteiger partial charge in [0.15, 0.2) is 0 Å². The molecule has 0 saturated heterocycles. The normalized spacial score (nSPS) is 15.4. The zero-order valence-electron chi connectivity index (χ0n) is 11.2. The van der Waals surface area contributed by atoms with Crippen LogP contribution in [0.2, 0.25) is 0 Å². The summed E-state index contributed by atoms with van der Waals surface area (Å²) in [6.45, 7) is 0.505. The number of rotatable bonds is 6. The van der Waals surface area contributed by atoms with Crippen LogP contribution in [0.5, 0.6) is 0 Å². The van der Waals surface area contributed by atoms with Gasteiger partial charge in [0.2, 0.25) is 10.0 Å². The molecule has 0 spiro atoms. The first-order valence-electron chi connectivity index (χ1n) is 6.86. The molecule has 5 heteroatoms. The Kier molecular flexibility index (Phi) is 3.63. The summed E-state index contributed by atoms with van der Waals surface area (Å²) in [5.74, 6) is 0.104. The minimum absolute atomic E-state index is 0.104. The van der Waals surface area contributed by atoms with Crippen molar-refractivity contribution in [2.75, 3.05) is 17.0 Å². The lowest BCUT2D eigenvalue weighted by Crippen LogP contribution is -2.28. The van der Waals surface area contributed by atoms with Crippen LogP contribution in [0, 0.1) is 0 Å². The molecule has 2 aromatic carbocycles. The lowest BCUT2D eigenvalue weighted by molar-refractivity contribution is 0.595. The third-order valence-electron chi connectivity index (χ3n) is 3.44. The molecule has 4 nitrogen and oxygen atoms in total. The number of fused-ring (bicyclic) bond motifs is 1. The summed E-state index contributed by atoms with van der Waals surface area (Å²) >= 11 is 0. The lowest BCUT2D eigenvalue weighted by atomic mass is 10.1. The van der Waals surface area contributed by atoms with E-state index in [1.807, 2.05) is 36.4 Å². The fourth-order valence-corrected chi connectivity index (χ4v) is 3.22. The SMILES string of the molecule is O=S(=O)(CCNC1CC1)Nc1cccc2ccccc12. The van der Waals surface area contributed by atoms with E-state index >= 15 is 0 Å². The minimum Gasteiger partial charge on any atom is -0.313 e. The lowest BCUT2D eigenvalue weighted by Gasteiger charge is -2.11. The predicted molar refractivity (Wildman–Crippen MR) is 82.4 cm³/mol. The van der Waals surface area contributed by atoms with Crippen LogP contribution in [0.3, 0.4) is 0 Å². The van der Waals surface area contributed by atoms with Crippen LogP contribution >= 0.6 is 0 Å². The highest BCUT2D eigenvalue weighted by atomic mass is 32.2. The Labute approximate surface area is 119 Å². The molecule has 0 heterocycles. The topological polar surface area (TPSA) is 58.2 Å². The van der Waals surface area contributed by atoms with Crippen molar-refractivity contribution in [3.63, 3.8) is 0 Å². The summed E-state index contributed by atoms with van der Waals surface area (Å²) in [6.07, 6.45) is 2.33. The smallest absolute Gasteiger partial charge is 0.233 e. The molecule has 106 valence electrons. The van der Waals surface area contributed by atoms with Gasteiger partial charge < -0.3 is 5.32 Å². The number of nitrogens with one attached hydrogen (secondary N) is 2. The first-order chi connectivity index (χ1) is 9.64. The van der Waals surface area contributed by atoms with Gasteiger partial charge in [0, 0.05) is 18.0 Å². The highest BCUT2D eigenvalue weighted by Gasteiger charge is 2.21. The molecule has 0 radical (unpaired) electrons. The van der Waals surface area contributed by atoms with Crippen molar-refractivity contribution in [1.82, 2.24) is 5.32 Å². The average Bonchev–Trinajstić information content (AvgIpc) is 3.23. The van der Waals surface area contributed by atoms with Gasteiger partial charge in [-0.15, -0.1) is 0 Å². The standard InChI is InChI=1S/C15H18N2O2S/c18-20(19,11-10-16-13-8-9-13)17-15-7-3-5-12-4-1-2-6-14(12)15/h1-7,13,16-17H,8-11H2. The van der Waals surface area contributed by atoms with E-state index in [9.17, 15) is 8.42 Å². The van der Waals surface area contributed by atoms with Crippen molar-refractivity contribution in [3.05, 3.63) is 42.5 Å². The van der Waals surface area contributed by atoms with Crippen molar-refractivity contribution in [3.8, 4) is 0 Å². The summed E-state index contributed by atoms with van der Waals surface area (Å²) in [7, 11) is -3.31. The first kappa shape index (κ1) is 13.4. The molecule has 0 bridgehead atoms. The van der Waals surface area contributed by atoms with Crippen LogP contribution in [-0.4, -0.2) is 26.8 Å². The van der Waals surface area contributed by atoms with Crippen molar-refractivity contribution >= 4 is 26.5 Å². The fraction of sp³-hybridized carbons (Fsp3) is 0.333. The summed E-state index contributed by atoms with van der Waals surface area (Å²) in [5.41, 5.74) is 0.648. The van der Waals surface area contributed by atoms with Gasteiger partial charge in [-0.05, 0) is 24.3 Å². The molecule has 0 aromatic heterocycles. The Morgan fingerprint density at radius 2 is 1.80 bits per heavy atom. The monoisotopic (exact) mass is 290 g/mol. The first-order valence-corrected chi connectivity index (χ1v) is 8.51. The van der Waals surface area contributed by atoms with Crippen molar-refractivity contribution < 1.29 is 8.42 Å². The van der Waals surface area contributed by atoms with Crippen LogP contribution in [0.4, 0.5) is 5.69 Å². The Balaban J connectivity index is 1.74. The van der Waals surface area contributed by atoms with Gasteiger partial charge in [0.25, 0.3) is 0 Å². The van der Waals surface area contributed by atoms with Crippen LogP contribution in [0.1, 0.15) is 12.8 Å². The van der Waals surface area contributed by atoms with Crippen molar-refractivity contribution in [1.29, 1.82) is 0 Å². The molecule has 1 aliphatic rings. The molecule has 1 saturated carbocycles. The highest BCUT2D eigenvalue weighted by molar-refractivity contribution is 7.92. The average molecular weight is 290 g/mol. The quantitative estimate of drug-likeness (QED) is 0.858. The van der Waals surface area contributed by atoms with Gasteiger partial charge in [0.1, 0.15) is 0 Å². The Bertz CT molecular complexity index is 703. The third kappa shape index (κ3) is 3.29. The third-order valence-corrected chi connectivity index (χ3v) is 4.71. The van der Waals surface area contributed by atoms with Gasteiger partial charge >= 0.3 is 0 Å². The van der Waals surface area contributed by atoms with Gasteiger partial charge in [0.05, 0.1) is 11.4 Å². The summed E-state index contributed by atoms with van der Waals surface area (Å²) in [4.78, 5) is 0. The zero-order valence-corrected chi connectivity index (χ0v) is 12.0. The Morgan fingerprint density at radius 1 is 1.05 bits per heavy atom. The van der Waals surface area contributed by atoms with Gasteiger partial charge in [-0.2, -0.15) is 0 Å². The van der Waals surface area contributed by atoms with Crippen LogP contribution < -0.4 is 10.0 Å². The maximum absolute atomic E-state index is 12.1. The number of hydrogen-bond acceptors (Lipinski definition) is 3. The largest absolute Gasteiger partial charge is 0.313 e. The van der Waals surface area contributed by atoms with E-state index in [0.29, 0.717) is 18.3 Å². The second-order valence-electron chi connectivity index (χ2n) is 5.18. The molecule has 2 aromatic rings. The predicted octanol–water partition coefficient (Wildman–Crippen LogP) is 2.33. The minimum atomic E-state index is -3.31. The van der Waals surface area contributed by atoms with Gasteiger partial charge in [-0.25, -0.2) is 8.42 Å². The maximum Gasteiger partial charge on any atom is 0.233 e. The van der Waals surface area contributed by atoms with Gasteiger partial charge in [-0.1, -0.05) is 36.4 Å². The van der Waals surface area contributed by atoms with E-state index in [2.05, 4.69) is 10.0 Å². The molecular weight excluding hydrogens is 272 g/mol. The molecule has 0 atom stereocenters. The zero-order chi connectivity index (χ0) is 14.0. The summed E-state index contributed by atoms with van der Waals surface area (Å²) in [5, 5.41) is 5.17. The van der Waals surface area contributed by atoms with Crippen molar-refractivity contribution in [2.24, 2.45) is 0 Å². The van der Waals surface area contributed by atoms with Crippen LogP contribution in [0.15, 0.2) is 42.5 Å². The number of sulfonamides is 1. The van der Waals surface area contributed by atoms with E-state index < -0.39 is 10.0 Å². The molecule has 1 aliphatic carbocycles. The molecule has 3 rings (SSSR count). The summed E-state index contributed by atoms with van der Waals surface area (Å²) < 4.78 is 26.9. The van der Waals surface area contributed by atoms with E-state index in [1.165, 1.54) is 0 Å². The molecule has 0 aliphatic heterocycles. The highest BCUT2D eigenvalue weighted by Crippen LogP contribution is 2.24. The second kappa shape index (κ2) is 5.42. The summed E-state index contributed by atoms with van der Waals surface area (Å²) in [6, 6.07) is 13.9. The Morgan fingerprint density at radius 3 is 2.60 bits per heavy atom. The second-order valence-corrected chi connectivity index (χ2v) is 7.02. The molecule has 20 heavy (non-hydrogen) atoms. The van der Waals surface area contributed by atoms with Crippen LogP contribution in [0.25, 0.3) is 10.8 Å². The number of anilines is 1. The number of hydrogen-bond donors (Lipinski definition) is 2. The molecular formula is C15H18N2O2S. The van der Waals surface area contributed by atoms with Crippen molar-refractivity contribution in [2.45, 2.75) is 18.9 Å². The maximum atomic E-state index is 12.1.